The van der Waals surface area contributed by atoms with E-state index in [2.05, 4.69) is 35.8 Å². The second-order valence-electron chi connectivity index (χ2n) is 11.3. The van der Waals surface area contributed by atoms with Crippen molar-refractivity contribution < 1.29 is 8.42 Å². The van der Waals surface area contributed by atoms with Crippen LogP contribution in [-0.4, -0.2) is 64.9 Å². The number of aromatic amines is 1. The van der Waals surface area contributed by atoms with E-state index in [1.54, 1.807) is 16.0 Å². The van der Waals surface area contributed by atoms with E-state index < -0.39 is 10.0 Å². The molecule has 0 aromatic carbocycles. The van der Waals surface area contributed by atoms with Gasteiger partial charge in [0.05, 0.1) is 11.9 Å². The van der Waals surface area contributed by atoms with Gasteiger partial charge < -0.3 is 4.90 Å². The SMILES string of the molecule is Cn1nc(C(C)(C)C)c2nc(N(CC3CCCCC3)CC3CCN(S(C)(=O)=O)CC3)[nH]c(=O)c21. The summed E-state index contributed by atoms with van der Waals surface area (Å²) in [5.74, 6) is 1.56. The van der Waals surface area contributed by atoms with Crippen molar-refractivity contribution in [3.63, 3.8) is 0 Å². The molecule has 1 N–H and O–H groups in total. The molecular weight excluding hydrogens is 452 g/mol. The van der Waals surface area contributed by atoms with E-state index in [0.717, 1.165) is 31.6 Å². The number of nitrogens with zero attached hydrogens (tertiary/aromatic N) is 5. The van der Waals surface area contributed by atoms with Crippen LogP contribution in [0.2, 0.25) is 0 Å². The van der Waals surface area contributed by atoms with Gasteiger partial charge in [-0.3, -0.25) is 14.5 Å². The predicted molar refractivity (Wildman–Crippen MR) is 136 cm³/mol. The van der Waals surface area contributed by atoms with E-state index >= 15 is 0 Å². The lowest BCUT2D eigenvalue weighted by atomic mass is 9.88. The Balaban J connectivity index is 1.65. The molecule has 10 heteroatoms. The first-order valence-corrected chi connectivity index (χ1v) is 14.5. The molecule has 3 heterocycles. The lowest BCUT2D eigenvalue weighted by Gasteiger charge is -2.36. The van der Waals surface area contributed by atoms with Crippen molar-refractivity contribution in [2.24, 2.45) is 18.9 Å². The zero-order valence-electron chi connectivity index (χ0n) is 21.3. The number of rotatable bonds is 6. The van der Waals surface area contributed by atoms with Crippen LogP contribution in [0.4, 0.5) is 5.95 Å². The molecule has 1 aliphatic carbocycles. The minimum Gasteiger partial charge on any atom is -0.342 e. The average molecular weight is 493 g/mol. The molecular formula is C24H40N6O3S. The number of nitrogens with one attached hydrogen (secondary N) is 1. The maximum atomic E-state index is 13.1. The van der Waals surface area contributed by atoms with Gasteiger partial charge in [0, 0.05) is 38.6 Å². The molecule has 2 aliphatic rings. The summed E-state index contributed by atoms with van der Waals surface area (Å²) in [5, 5.41) is 4.64. The maximum Gasteiger partial charge on any atom is 0.278 e. The first-order valence-electron chi connectivity index (χ1n) is 12.6. The first-order chi connectivity index (χ1) is 15.9. The van der Waals surface area contributed by atoms with E-state index in [-0.39, 0.29) is 11.0 Å². The third-order valence-electron chi connectivity index (χ3n) is 7.41. The number of hydrogen-bond donors (Lipinski definition) is 1. The van der Waals surface area contributed by atoms with Gasteiger partial charge in [-0.05, 0) is 37.5 Å². The van der Waals surface area contributed by atoms with Crippen LogP contribution in [0.1, 0.15) is 71.4 Å². The Kier molecular flexibility index (Phi) is 7.11. The van der Waals surface area contributed by atoms with E-state index in [9.17, 15) is 13.2 Å². The maximum absolute atomic E-state index is 13.1. The Labute approximate surface area is 203 Å². The van der Waals surface area contributed by atoms with Crippen molar-refractivity contribution in [2.75, 3.05) is 37.3 Å². The van der Waals surface area contributed by atoms with Crippen molar-refractivity contribution >= 4 is 27.0 Å². The van der Waals surface area contributed by atoms with Crippen LogP contribution in [-0.2, 0) is 22.5 Å². The molecule has 34 heavy (non-hydrogen) atoms. The van der Waals surface area contributed by atoms with Crippen molar-refractivity contribution in [2.45, 2.75) is 71.1 Å². The third-order valence-corrected chi connectivity index (χ3v) is 8.72. The van der Waals surface area contributed by atoms with Crippen molar-refractivity contribution in [3.05, 3.63) is 16.0 Å². The van der Waals surface area contributed by atoms with Gasteiger partial charge in [0.1, 0.15) is 5.52 Å². The first kappa shape index (κ1) is 25.2. The normalized spacial score (nSPS) is 19.7. The zero-order chi connectivity index (χ0) is 24.7. The number of sulfonamides is 1. The van der Waals surface area contributed by atoms with Gasteiger partial charge in [0.2, 0.25) is 16.0 Å². The topological polar surface area (TPSA) is 104 Å². The minimum absolute atomic E-state index is 0.161. The number of hydrogen-bond acceptors (Lipinski definition) is 6. The smallest absolute Gasteiger partial charge is 0.278 e. The van der Waals surface area contributed by atoms with E-state index in [0.29, 0.717) is 41.9 Å². The van der Waals surface area contributed by atoms with Gasteiger partial charge in [-0.15, -0.1) is 0 Å². The third kappa shape index (κ3) is 5.48. The van der Waals surface area contributed by atoms with Crippen LogP contribution in [0.15, 0.2) is 4.79 Å². The number of H-pyrrole nitrogens is 1. The number of anilines is 1. The monoisotopic (exact) mass is 492 g/mol. The van der Waals surface area contributed by atoms with Gasteiger partial charge in [-0.1, -0.05) is 40.0 Å². The highest BCUT2D eigenvalue weighted by Gasteiger charge is 2.30. The quantitative estimate of drug-likeness (QED) is 0.665. The Morgan fingerprint density at radius 1 is 1.03 bits per heavy atom. The van der Waals surface area contributed by atoms with E-state index in [1.165, 1.54) is 38.4 Å². The van der Waals surface area contributed by atoms with E-state index in [1.807, 2.05) is 0 Å². The van der Waals surface area contributed by atoms with E-state index in [4.69, 9.17) is 4.98 Å². The summed E-state index contributed by atoms with van der Waals surface area (Å²) in [7, 11) is -1.35. The molecule has 1 saturated heterocycles. The summed E-state index contributed by atoms with van der Waals surface area (Å²) < 4.78 is 27.1. The minimum atomic E-state index is -3.15. The lowest BCUT2D eigenvalue weighted by Crippen LogP contribution is -2.43. The van der Waals surface area contributed by atoms with Gasteiger partial charge >= 0.3 is 0 Å². The molecule has 0 radical (unpaired) electrons. The van der Waals surface area contributed by atoms with Gasteiger partial charge in [-0.25, -0.2) is 17.7 Å². The summed E-state index contributed by atoms with van der Waals surface area (Å²) in [6, 6.07) is 0. The molecule has 190 valence electrons. The van der Waals surface area contributed by atoms with Crippen LogP contribution in [0.3, 0.4) is 0 Å². The van der Waals surface area contributed by atoms with Gasteiger partial charge in [-0.2, -0.15) is 5.10 Å². The molecule has 2 aromatic heterocycles. The summed E-state index contributed by atoms with van der Waals surface area (Å²) in [4.78, 5) is 23.5. The molecule has 2 aromatic rings. The van der Waals surface area contributed by atoms with Crippen LogP contribution >= 0.6 is 0 Å². The van der Waals surface area contributed by atoms with Crippen molar-refractivity contribution in [1.82, 2.24) is 24.1 Å². The molecule has 0 spiro atoms. The molecule has 0 unspecified atom stereocenters. The summed E-state index contributed by atoms with van der Waals surface area (Å²) in [6.07, 6.45) is 9.14. The lowest BCUT2D eigenvalue weighted by molar-refractivity contribution is 0.270. The number of fused-ring (bicyclic) bond motifs is 1. The highest BCUT2D eigenvalue weighted by Crippen LogP contribution is 2.30. The predicted octanol–water partition coefficient (Wildman–Crippen LogP) is 3.01. The average Bonchev–Trinajstić information content (AvgIpc) is 3.11. The highest BCUT2D eigenvalue weighted by molar-refractivity contribution is 7.88. The Bertz CT molecular complexity index is 1170. The second kappa shape index (κ2) is 9.60. The molecule has 1 saturated carbocycles. The summed E-state index contributed by atoms with van der Waals surface area (Å²) in [6.45, 7) is 9.02. The summed E-state index contributed by atoms with van der Waals surface area (Å²) >= 11 is 0. The number of piperidine rings is 1. The summed E-state index contributed by atoms with van der Waals surface area (Å²) in [5.41, 5.74) is 1.62. The molecule has 4 rings (SSSR count). The van der Waals surface area contributed by atoms with Crippen molar-refractivity contribution in [1.29, 1.82) is 0 Å². The van der Waals surface area contributed by atoms with Crippen LogP contribution < -0.4 is 10.5 Å². The Hall–Kier alpha value is -1.94. The van der Waals surface area contributed by atoms with Crippen LogP contribution in [0.25, 0.3) is 11.0 Å². The molecule has 2 fully saturated rings. The fourth-order valence-electron chi connectivity index (χ4n) is 5.49. The van der Waals surface area contributed by atoms with Crippen LogP contribution in [0.5, 0.6) is 0 Å². The molecule has 0 atom stereocenters. The van der Waals surface area contributed by atoms with Gasteiger partial charge in [0.15, 0.2) is 5.52 Å². The largest absolute Gasteiger partial charge is 0.342 e. The number of aryl methyl sites for hydroxylation is 1. The number of aromatic nitrogens is 4. The van der Waals surface area contributed by atoms with Crippen molar-refractivity contribution in [3.8, 4) is 0 Å². The fraction of sp³-hybridized carbons (Fsp3) is 0.792. The fourth-order valence-corrected chi connectivity index (χ4v) is 6.36. The zero-order valence-corrected chi connectivity index (χ0v) is 22.1. The Morgan fingerprint density at radius 3 is 2.18 bits per heavy atom. The van der Waals surface area contributed by atoms with Gasteiger partial charge in [0.25, 0.3) is 5.56 Å². The molecule has 0 amide bonds. The Morgan fingerprint density at radius 2 is 1.62 bits per heavy atom. The standard InChI is InChI=1S/C24H40N6O3S/c1-24(2,3)21-19-20(28(4)27-21)22(31)26-23(25-19)29(15-17-9-7-6-8-10-17)16-18-11-13-30(14-12-18)34(5,32)33/h17-18H,6-16H2,1-5H3,(H,25,26,31). The highest BCUT2D eigenvalue weighted by atomic mass is 32.2. The molecule has 9 nitrogen and oxygen atoms in total. The molecule has 1 aliphatic heterocycles. The molecule has 0 bridgehead atoms. The second-order valence-corrected chi connectivity index (χ2v) is 13.3. The van der Waals surface area contributed by atoms with Crippen LogP contribution in [0, 0.1) is 11.8 Å².